The van der Waals surface area contributed by atoms with Crippen molar-refractivity contribution in [3.63, 3.8) is 0 Å². The van der Waals surface area contributed by atoms with Crippen LogP contribution in [0.5, 0.6) is 0 Å². The van der Waals surface area contributed by atoms with Gasteiger partial charge in [-0.3, -0.25) is 4.79 Å². The SMILES string of the molecule is CC(C)Cc1ccc([C@H](C)[NH2+][C@@H](C)C(=O)Nc2ccc(S(N)(=O)=O)cc2)cc1. The van der Waals surface area contributed by atoms with Gasteiger partial charge < -0.3 is 10.6 Å². The fraction of sp³-hybridized carbons (Fsp3) is 0.381. The highest BCUT2D eigenvalue weighted by Gasteiger charge is 2.20. The van der Waals surface area contributed by atoms with Gasteiger partial charge in [0.15, 0.2) is 6.04 Å². The Morgan fingerprint density at radius 1 is 1.00 bits per heavy atom. The van der Waals surface area contributed by atoms with E-state index in [-0.39, 0.29) is 22.9 Å². The van der Waals surface area contributed by atoms with Crippen molar-refractivity contribution >= 4 is 21.6 Å². The van der Waals surface area contributed by atoms with Crippen LogP contribution in [0, 0.1) is 5.92 Å². The van der Waals surface area contributed by atoms with E-state index in [2.05, 4.69) is 50.4 Å². The number of primary sulfonamides is 1. The Bertz CT molecular complexity index is 891. The lowest BCUT2D eigenvalue weighted by atomic mass is 9.99. The molecule has 0 saturated carbocycles. The Labute approximate surface area is 167 Å². The number of benzene rings is 2. The smallest absolute Gasteiger partial charge is 0.282 e. The van der Waals surface area contributed by atoms with E-state index >= 15 is 0 Å². The fourth-order valence-electron chi connectivity index (χ4n) is 3.04. The van der Waals surface area contributed by atoms with Crippen LogP contribution < -0.4 is 15.8 Å². The molecule has 0 saturated heterocycles. The molecule has 2 aromatic carbocycles. The summed E-state index contributed by atoms with van der Waals surface area (Å²) >= 11 is 0. The number of rotatable bonds is 8. The first-order chi connectivity index (χ1) is 13.1. The third-order valence-corrected chi connectivity index (χ3v) is 5.52. The Morgan fingerprint density at radius 3 is 2.07 bits per heavy atom. The highest BCUT2D eigenvalue weighted by atomic mass is 32.2. The Hall–Kier alpha value is -2.22. The molecule has 2 atom stereocenters. The maximum absolute atomic E-state index is 12.5. The zero-order chi connectivity index (χ0) is 20.9. The molecule has 0 radical (unpaired) electrons. The Kier molecular flexibility index (Phi) is 7.35. The molecule has 1 amide bonds. The van der Waals surface area contributed by atoms with Crippen molar-refractivity contribution in [1.29, 1.82) is 0 Å². The molecular formula is C21H30N3O3S+. The van der Waals surface area contributed by atoms with Crippen LogP contribution >= 0.6 is 0 Å². The van der Waals surface area contributed by atoms with Crippen LogP contribution in [0.3, 0.4) is 0 Å². The van der Waals surface area contributed by atoms with E-state index in [1.807, 2.05) is 12.2 Å². The first kappa shape index (κ1) is 22.1. The molecule has 2 rings (SSSR count). The van der Waals surface area contributed by atoms with Crippen LogP contribution in [0.15, 0.2) is 53.4 Å². The summed E-state index contributed by atoms with van der Waals surface area (Å²) in [6.07, 6.45) is 1.06. The molecule has 0 fully saturated rings. The molecule has 0 bridgehead atoms. The van der Waals surface area contributed by atoms with Crippen LogP contribution in [0.25, 0.3) is 0 Å². The van der Waals surface area contributed by atoms with Gasteiger partial charge in [-0.25, -0.2) is 13.6 Å². The molecule has 0 aromatic heterocycles. The minimum atomic E-state index is -3.74. The van der Waals surface area contributed by atoms with Gasteiger partial charge in [0.05, 0.1) is 4.90 Å². The second kappa shape index (κ2) is 9.32. The molecule has 2 aromatic rings. The maximum Gasteiger partial charge on any atom is 0.282 e. The van der Waals surface area contributed by atoms with Crippen LogP contribution in [-0.2, 0) is 21.2 Å². The second-order valence-electron chi connectivity index (χ2n) is 7.67. The van der Waals surface area contributed by atoms with E-state index in [1.165, 1.54) is 35.4 Å². The highest BCUT2D eigenvalue weighted by molar-refractivity contribution is 7.89. The maximum atomic E-state index is 12.5. The summed E-state index contributed by atoms with van der Waals surface area (Å²) in [7, 11) is -3.74. The van der Waals surface area contributed by atoms with Crippen LogP contribution in [0.4, 0.5) is 5.69 Å². The summed E-state index contributed by atoms with van der Waals surface area (Å²) in [4.78, 5) is 12.5. The molecule has 0 aliphatic heterocycles. The van der Waals surface area contributed by atoms with Gasteiger partial charge in [0.25, 0.3) is 5.91 Å². The molecular weight excluding hydrogens is 374 g/mol. The lowest BCUT2D eigenvalue weighted by Crippen LogP contribution is -2.91. The minimum absolute atomic E-state index is 0.0136. The number of carbonyl (C=O) groups is 1. The first-order valence-electron chi connectivity index (χ1n) is 9.44. The van der Waals surface area contributed by atoms with Gasteiger partial charge in [0.1, 0.15) is 6.04 Å². The zero-order valence-electron chi connectivity index (χ0n) is 16.8. The van der Waals surface area contributed by atoms with Crippen molar-refractivity contribution in [2.45, 2.75) is 51.1 Å². The van der Waals surface area contributed by atoms with Crippen molar-refractivity contribution < 1.29 is 18.5 Å². The van der Waals surface area contributed by atoms with Crippen molar-refractivity contribution in [3.8, 4) is 0 Å². The third kappa shape index (κ3) is 6.44. The summed E-state index contributed by atoms with van der Waals surface area (Å²) in [5.41, 5.74) is 3.02. The average molecular weight is 405 g/mol. The molecule has 0 spiro atoms. The van der Waals surface area contributed by atoms with E-state index < -0.39 is 10.0 Å². The van der Waals surface area contributed by atoms with Gasteiger partial charge in [-0.2, -0.15) is 0 Å². The third-order valence-electron chi connectivity index (χ3n) is 4.59. The van der Waals surface area contributed by atoms with Gasteiger partial charge >= 0.3 is 0 Å². The van der Waals surface area contributed by atoms with Crippen molar-refractivity contribution in [2.24, 2.45) is 11.1 Å². The van der Waals surface area contributed by atoms with Crippen molar-refractivity contribution in [3.05, 3.63) is 59.7 Å². The molecule has 0 heterocycles. The van der Waals surface area contributed by atoms with Gasteiger partial charge in [0, 0.05) is 11.3 Å². The number of anilines is 1. The Morgan fingerprint density at radius 2 is 1.57 bits per heavy atom. The summed E-state index contributed by atoms with van der Waals surface area (Å²) < 4.78 is 22.6. The molecule has 6 nitrogen and oxygen atoms in total. The predicted molar refractivity (Wildman–Crippen MR) is 111 cm³/mol. The number of hydrogen-bond donors (Lipinski definition) is 3. The number of sulfonamides is 1. The number of nitrogens with two attached hydrogens (primary N) is 2. The van der Waals surface area contributed by atoms with Crippen molar-refractivity contribution in [2.75, 3.05) is 5.32 Å². The number of amides is 1. The van der Waals surface area contributed by atoms with E-state index in [1.54, 1.807) is 0 Å². The molecule has 5 N–H and O–H groups in total. The van der Waals surface area contributed by atoms with Gasteiger partial charge in [-0.05, 0) is 56.0 Å². The topological polar surface area (TPSA) is 106 Å². The second-order valence-corrected chi connectivity index (χ2v) is 9.23. The molecule has 28 heavy (non-hydrogen) atoms. The number of quaternary nitrogens is 1. The molecule has 152 valence electrons. The lowest BCUT2D eigenvalue weighted by Gasteiger charge is -2.17. The number of carbonyl (C=O) groups excluding carboxylic acids is 1. The number of hydrogen-bond acceptors (Lipinski definition) is 3. The lowest BCUT2D eigenvalue weighted by molar-refractivity contribution is -0.709. The van der Waals surface area contributed by atoms with Crippen molar-refractivity contribution in [1.82, 2.24) is 0 Å². The van der Waals surface area contributed by atoms with Crippen LogP contribution in [-0.4, -0.2) is 20.4 Å². The zero-order valence-corrected chi connectivity index (χ0v) is 17.7. The minimum Gasteiger partial charge on any atom is -0.330 e. The first-order valence-corrected chi connectivity index (χ1v) is 11.0. The average Bonchev–Trinajstić information content (AvgIpc) is 2.61. The summed E-state index contributed by atoms with van der Waals surface area (Å²) in [6, 6.07) is 14.2. The standard InChI is InChI=1S/C21H29N3O3S/c1-14(2)13-17-5-7-18(8-6-17)15(3)23-16(4)21(25)24-19-9-11-20(12-10-19)28(22,26)27/h5-12,14-16,23H,13H2,1-4H3,(H,24,25)(H2,22,26,27)/p+1/t15-,16-/m0/s1. The van der Waals surface area contributed by atoms with Crippen LogP contribution in [0.2, 0.25) is 0 Å². The van der Waals surface area contributed by atoms with Crippen LogP contribution in [0.1, 0.15) is 44.9 Å². The molecule has 0 aliphatic rings. The molecule has 7 heteroatoms. The summed E-state index contributed by atoms with van der Waals surface area (Å²) in [5.74, 6) is 0.476. The van der Waals surface area contributed by atoms with Gasteiger partial charge in [-0.15, -0.1) is 0 Å². The van der Waals surface area contributed by atoms with E-state index in [4.69, 9.17) is 5.14 Å². The van der Waals surface area contributed by atoms with E-state index in [9.17, 15) is 13.2 Å². The normalized spacial score (nSPS) is 13.9. The fourth-order valence-corrected chi connectivity index (χ4v) is 3.56. The molecule has 0 aliphatic carbocycles. The van der Waals surface area contributed by atoms with Gasteiger partial charge in [0.2, 0.25) is 10.0 Å². The number of nitrogens with one attached hydrogen (secondary N) is 1. The van der Waals surface area contributed by atoms with E-state index in [0.29, 0.717) is 11.6 Å². The van der Waals surface area contributed by atoms with E-state index in [0.717, 1.165) is 6.42 Å². The summed E-state index contributed by atoms with van der Waals surface area (Å²) in [6.45, 7) is 8.32. The largest absolute Gasteiger partial charge is 0.330 e. The summed E-state index contributed by atoms with van der Waals surface area (Å²) in [5, 5.41) is 9.89. The molecule has 0 unspecified atom stereocenters. The Balaban J connectivity index is 1.94. The predicted octanol–water partition coefficient (Wildman–Crippen LogP) is 2.18. The monoisotopic (exact) mass is 404 g/mol. The highest BCUT2D eigenvalue weighted by Crippen LogP contribution is 2.14. The quantitative estimate of drug-likeness (QED) is 0.628. The van der Waals surface area contributed by atoms with Gasteiger partial charge in [-0.1, -0.05) is 38.1 Å².